The maximum absolute atomic E-state index is 5.62. The molecule has 1 saturated heterocycles. The third kappa shape index (κ3) is 4.77. The van der Waals surface area contributed by atoms with Crippen LogP contribution >= 0.6 is 0 Å². The first-order chi connectivity index (χ1) is 6.68. The summed E-state index contributed by atoms with van der Waals surface area (Å²) in [4.78, 5) is 0. The third-order valence-corrected chi connectivity index (χ3v) is 2.60. The van der Waals surface area contributed by atoms with E-state index in [0.29, 0.717) is 12.1 Å². The summed E-state index contributed by atoms with van der Waals surface area (Å²) in [6.45, 7) is 10.0. The fourth-order valence-corrected chi connectivity index (χ4v) is 1.70. The van der Waals surface area contributed by atoms with E-state index in [4.69, 9.17) is 4.74 Å². The van der Waals surface area contributed by atoms with E-state index >= 15 is 0 Å². The Morgan fingerprint density at radius 1 is 1.50 bits per heavy atom. The minimum atomic E-state index is 0.338. The van der Waals surface area contributed by atoms with Crippen molar-refractivity contribution in [3.63, 3.8) is 0 Å². The average Bonchev–Trinajstić information content (AvgIpc) is 2.11. The molecule has 0 saturated carbocycles. The van der Waals surface area contributed by atoms with Crippen LogP contribution in [0.4, 0.5) is 0 Å². The zero-order chi connectivity index (χ0) is 10.4. The lowest BCUT2D eigenvalue weighted by Gasteiger charge is -2.23. The molecular weight excluding hydrogens is 174 g/mol. The Morgan fingerprint density at radius 3 is 3.00 bits per heavy atom. The molecule has 0 aromatic heterocycles. The highest BCUT2D eigenvalue weighted by Crippen LogP contribution is 2.12. The second-order valence-electron chi connectivity index (χ2n) is 4.46. The smallest absolute Gasteiger partial charge is 0.0623 e. The third-order valence-electron chi connectivity index (χ3n) is 2.60. The quantitative estimate of drug-likeness (QED) is 0.702. The fraction of sp³-hybridized carbons (Fsp3) is 0.833. The zero-order valence-corrected chi connectivity index (χ0v) is 9.51. The molecule has 1 aliphatic heterocycles. The second-order valence-corrected chi connectivity index (χ2v) is 4.46. The van der Waals surface area contributed by atoms with Crippen LogP contribution in [0.2, 0.25) is 0 Å². The van der Waals surface area contributed by atoms with Crippen LogP contribution in [0.3, 0.4) is 0 Å². The first kappa shape index (κ1) is 11.7. The van der Waals surface area contributed by atoms with Gasteiger partial charge in [0.15, 0.2) is 0 Å². The molecule has 82 valence electrons. The monoisotopic (exact) mass is 197 g/mol. The molecule has 2 heteroatoms. The van der Waals surface area contributed by atoms with Crippen LogP contribution in [0.5, 0.6) is 0 Å². The molecule has 0 amide bonds. The van der Waals surface area contributed by atoms with Crippen molar-refractivity contribution in [3.8, 4) is 0 Å². The van der Waals surface area contributed by atoms with Crippen molar-refractivity contribution in [2.75, 3.05) is 13.2 Å². The first-order valence-corrected chi connectivity index (χ1v) is 5.70. The van der Waals surface area contributed by atoms with Crippen LogP contribution in [-0.4, -0.2) is 25.3 Å². The van der Waals surface area contributed by atoms with Gasteiger partial charge in [-0.25, -0.2) is 0 Å². The molecule has 1 heterocycles. The SMILES string of the molecule is C=C1CCCCC(COC(C)C)NC1. The van der Waals surface area contributed by atoms with Gasteiger partial charge >= 0.3 is 0 Å². The maximum atomic E-state index is 5.62. The molecule has 0 aromatic carbocycles. The van der Waals surface area contributed by atoms with E-state index in [1.165, 1.54) is 31.3 Å². The second kappa shape index (κ2) is 6.20. The fourth-order valence-electron chi connectivity index (χ4n) is 1.70. The Morgan fingerprint density at radius 2 is 2.29 bits per heavy atom. The van der Waals surface area contributed by atoms with E-state index < -0.39 is 0 Å². The molecule has 14 heavy (non-hydrogen) atoms. The highest BCUT2D eigenvalue weighted by molar-refractivity contribution is 4.98. The predicted octanol–water partition coefficient (Wildman–Crippen LogP) is 2.50. The normalized spacial score (nSPS) is 24.8. The summed E-state index contributed by atoms with van der Waals surface area (Å²) >= 11 is 0. The molecule has 0 aliphatic carbocycles. The number of hydrogen-bond acceptors (Lipinski definition) is 2. The van der Waals surface area contributed by atoms with Crippen LogP contribution < -0.4 is 5.32 Å². The predicted molar refractivity (Wildman–Crippen MR) is 60.5 cm³/mol. The van der Waals surface area contributed by atoms with Gasteiger partial charge in [0, 0.05) is 12.6 Å². The molecule has 1 atom stereocenters. The van der Waals surface area contributed by atoms with E-state index in [9.17, 15) is 0 Å². The number of hydrogen-bond donors (Lipinski definition) is 1. The largest absolute Gasteiger partial charge is 0.377 e. The van der Waals surface area contributed by atoms with Crippen molar-refractivity contribution in [2.45, 2.75) is 51.7 Å². The topological polar surface area (TPSA) is 21.3 Å². The Balaban J connectivity index is 2.25. The van der Waals surface area contributed by atoms with Crippen molar-refractivity contribution >= 4 is 0 Å². The first-order valence-electron chi connectivity index (χ1n) is 5.70. The van der Waals surface area contributed by atoms with Gasteiger partial charge in [-0.2, -0.15) is 0 Å². The molecule has 0 aromatic rings. The Hall–Kier alpha value is -0.340. The highest BCUT2D eigenvalue weighted by Gasteiger charge is 2.12. The van der Waals surface area contributed by atoms with Crippen molar-refractivity contribution in [3.05, 3.63) is 12.2 Å². The lowest BCUT2D eigenvalue weighted by molar-refractivity contribution is 0.0590. The summed E-state index contributed by atoms with van der Waals surface area (Å²) in [6.07, 6.45) is 5.34. The van der Waals surface area contributed by atoms with Gasteiger partial charge in [0.2, 0.25) is 0 Å². The van der Waals surface area contributed by atoms with E-state index in [0.717, 1.165) is 13.2 Å². The maximum Gasteiger partial charge on any atom is 0.0623 e. The van der Waals surface area contributed by atoms with E-state index in [1.54, 1.807) is 0 Å². The van der Waals surface area contributed by atoms with E-state index in [2.05, 4.69) is 25.7 Å². The molecule has 0 radical (unpaired) electrons. The molecule has 1 fully saturated rings. The lowest BCUT2D eigenvalue weighted by Crippen LogP contribution is -2.36. The van der Waals surface area contributed by atoms with Crippen LogP contribution in [0.25, 0.3) is 0 Å². The summed E-state index contributed by atoms with van der Waals surface area (Å²) in [6, 6.07) is 0.523. The minimum Gasteiger partial charge on any atom is -0.377 e. The van der Waals surface area contributed by atoms with Gasteiger partial charge in [-0.3, -0.25) is 0 Å². The van der Waals surface area contributed by atoms with Crippen molar-refractivity contribution in [2.24, 2.45) is 0 Å². The summed E-state index contributed by atoms with van der Waals surface area (Å²) in [5.74, 6) is 0. The molecule has 2 nitrogen and oxygen atoms in total. The molecule has 1 unspecified atom stereocenters. The van der Waals surface area contributed by atoms with Crippen LogP contribution in [0, 0.1) is 0 Å². The van der Waals surface area contributed by atoms with Gasteiger partial charge < -0.3 is 10.1 Å². The van der Waals surface area contributed by atoms with Gasteiger partial charge in [-0.15, -0.1) is 0 Å². The van der Waals surface area contributed by atoms with Crippen molar-refractivity contribution in [1.29, 1.82) is 0 Å². The summed E-state index contributed by atoms with van der Waals surface area (Å²) < 4.78 is 5.62. The number of nitrogens with one attached hydrogen (secondary N) is 1. The molecule has 1 N–H and O–H groups in total. The molecule has 0 bridgehead atoms. The van der Waals surface area contributed by atoms with Crippen LogP contribution in [0.15, 0.2) is 12.2 Å². The van der Waals surface area contributed by atoms with Crippen molar-refractivity contribution in [1.82, 2.24) is 5.32 Å². The Kier molecular flexibility index (Phi) is 5.20. The van der Waals surface area contributed by atoms with Crippen molar-refractivity contribution < 1.29 is 4.74 Å². The van der Waals surface area contributed by atoms with Gasteiger partial charge in [0.1, 0.15) is 0 Å². The zero-order valence-electron chi connectivity index (χ0n) is 9.51. The molecular formula is C12H23NO. The number of ether oxygens (including phenoxy) is 1. The van der Waals surface area contributed by atoms with Gasteiger partial charge in [-0.1, -0.05) is 18.6 Å². The molecule has 1 aliphatic rings. The van der Waals surface area contributed by atoms with Gasteiger partial charge in [0.25, 0.3) is 0 Å². The molecule has 1 rings (SSSR count). The summed E-state index contributed by atoms with van der Waals surface area (Å²) in [5, 5.41) is 3.50. The van der Waals surface area contributed by atoms with E-state index in [1.807, 2.05) is 0 Å². The van der Waals surface area contributed by atoms with Crippen LogP contribution in [0.1, 0.15) is 39.5 Å². The number of rotatable bonds is 3. The molecule has 0 spiro atoms. The Bertz CT molecular complexity index is 177. The minimum absolute atomic E-state index is 0.338. The Labute approximate surface area is 87.7 Å². The lowest BCUT2D eigenvalue weighted by atomic mass is 10.0. The summed E-state index contributed by atoms with van der Waals surface area (Å²) in [5.41, 5.74) is 1.33. The van der Waals surface area contributed by atoms with Gasteiger partial charge in [-0.05, 0) is 33.1 Å². The standard InChI is InChI=1S/C12H23NO/c1-10(2)14-9-12-7-5-4-6-11(3)8-13-12/h10,12-13H,3-9H2,1-2H3. The summed E-state index contributed by atoms with van der Waals surface area (Å²) in [7, 11) is 0. The average molecular weight is 197 g/mol. The van der Waals surface area contributed by atoms with E-state index in [-0.39, 0.29) is 0 Å². The van der Waals surface area contributed by atoms with Crippen LogP contribution in [-0.2, 0) is 4.74 Å². The highest BCUT2D eigenvalue weighted by atomic mass is 16.5. The van der Waals surface area contributed by atoms with Gasteiger partial charge in [0.05, 0.1) is 12.7 Å².